The molecule has 0 heterocycles. The van der Waals surface area contributed by atoms with Crippen LogP contribution in [0.2, 0.25) is 0 Å². The number of phenolic OH excluding ortho intramolecular Hbond substituents is 1. The Morgan fingerprint density at radius 2 is 1.09 bits per heavy atom. The summed E-state index contributed by atoms with van der Waals surface area (Å²) in [5.74, 6) is -0.174. The van der Waals surface area contributed by atoms with Crippen LogP contribution in [0.25, 0.3) is 10.8 Å². The van der Waals surface area contributed by atoms with Gasteiger partial charge in [-0.15, -0.1) is 5.11 Å². The first kappa shape index (κ1) is 24.1. The van der Waals surface area contributed by atoms with Crippen LogP contribution in [0.15, 0.2) is 109 Å². The lowest BCUT2D eigenvalue weighted by Crippen LogP contribution is -1.99. The van der Waals surface area contributed by atoms with Crippen molar-refractivity contribution >= 4 is 53.8 Å². The fourth-order valence-corrected chi connectivity index (χ4v) is 4.34. The number of azo groups is 2. The van der Waals surface area contributed by atoms with Crippen molar-refractivity contribution in [2.75, 3.05) is 0 Å². The zero-order valence-corrected chi connectivity index (χ0v) is 19.2. The van der Waals surface area contributed by atoms with E-state index in [9.17, 15) is 26.5 Å². The molecule has 0 amide bonds. The molecule has 0 aliphatic heterocycles. The van der Waals surface area contributed by atoms with Crippen LogP contribution >= 0.6 is 0 Å². The minimum atomic E-state index is -4.57. The van der Waals surface area contributed by atoms with E-state index < -0.39 is 25.1 Å². The van der Waals surface area contributed by atoms with Gasteiger partial charge in [0.2, 0.25) is 0 Å². The molecule has 13 heteroatoms. The van der Waals surface area contributed by atoms with E-state index in [0.29, 0.717) is 17.1 Å². The van der Waals surface area contributed by atoms with Crippen molar-refractivity contribution < 1.29 is 31.0 Å². The molecule has 35 heavy (non-hydrogen) atoms. The lowest BCUT2D eigenvalue weighted by atomic mass is 10.1. The second kappa shape index (κ2) is 9.31. The minimum Gasteiger partial charge on any atom is -0.507 e. The van der Waals surface area contributed by atoms with Crippen molar-refractivity contribution in [3.8, 4) is 5.75 Å². The van der Waals surface area contributed by atoms with Gasteiger partial charge in [-0.2, -0.15) is 32.2 Å². The molecule has 11 nitrogen and oxygen atoms in total. The summed E-state index contributed by atoms with van der Waals surface area (Å²) in [5, 5.41) is 26.5. The van der Waals surface area contributed by atoms with Gasteiger partial charge in [-0.1, -0.05) is 12.1 Å². The zero-order valence-electron chi connectivity index (χ0n) is 17.6. The minimum absolute atomic E-state index is 0.0317. The topological polar surface area (TPSA) is 178 Å². The van der Waals surface area contributed by atoms with E-state index >= 15 is 0 Å². The normalized spacial score (nSPS) is 12.6. The highest BCUT2D eigenvalue weighted by Gasteiger charge is 2.18. The lowest BCUT2D eigenvalue weighted by Gasteiger charge is -2.08. The largest absolute Gasteiger partial charge is 0.507 e. The van der Waals surface area contributed by atoms with Crippen LogP contribution in [0.4, 0.5) is 22.7 Å². The second-order valence-electron chi connectivity index (χ2n) is 7.14. The van der Waals surface area contributed by atoms with Crippen molar-refractivity contribution in [3.05, 3.63) is 78.9 Å². The number of phenols is 1. The Morgan fingerprint density at radius 3 is 1.60 bits per heavy atom. The van der Waals surface area contributed by atoms with Crippen LogP contribution in [0.5, 0.6) is 5.75 Å². The predicted molar refractivity (Wildman–Crippen MR) is 126 cm³/mol. The average molecular weight is 513 g/mol. The number of aromatic hydroxyl groups is 1. The summed E-state index contributed by atoms with van der Waals surface area (Å²) in [5.41, 5.74) is 1.37. The van der Waals surface area contributed by atoms with E-state index in [2.05, 4.69) is 20.5 Å². The summed E-state index contributed by atoms with van der Waals surface area (Å²) in [4.78, 5) is -0.656. The lowest BCUT2D eigenvalue weighted by molar-refractivity contribution is 0.480. The van der Waals surface area contributed by atoms with Gasteiger partial charge in [0.25, 0.3) is 20.2 Å². The number of fused-ring (bicyclic) bond motifs is 1. The summed E-state index contributed by atoms with van der Waals surface area (Å²) in [6, 6.07) is 18.4. The molecule has 0 aliphatic rings. The van der Waals surface area contributed by atoms with Gasteiger partial charge in [0.05, 0.1) is 27.6 Å². The number of hydrogen-bond donors (Lipinski definition) is 3. The number of benzene rings is 4. The molecule has 0 aromatic heterocycles. The van der Waals surface area contributed by atoms with Gasteiger partial charge in [0, 0.05) is 10.8 Å². The monoisotopic (exact) mass is 512 g/mol. The van der Waals surface area contributed by atoms with E-state index in [1.54, 1.807) is 24.3 Å². The van der Waals surface area contributed by atoms with Crippen molar-refractivity contribution in [2.24, 2.45) is 20.5 Å². The van der Waals surface area contributed by atoms with Crippen molar-refractivity contribution in [2.45, 2.75) is 9.79 Å². The summed E-state index contributed by atoms with van der Waals surface area (Å²) in [7, 11) is -8.86. The predicted octanol–water partition coefficient (Wildman–Crippen LogP) is 5.87. The van der Waals surface area contributed by atoms with E-state index in [4.69, 9.17) is 4.55 Å². The van der Waals surface area contributed by atoms with Gasteiger partial charge < -0.3 is 5.11 Å². The highest BCUT2D eigenvalue weighted by Crippen LogP contribution is 2.37. The number of hydrogen-bond acceptors (Lipinski definition) is 9. The van der Waals surface area contributed by atoms with Crippen LogP contribution in [0, 0.1) is 0 Å². The molecule has 0 bridgehead atoms. The van der Waals surface area contributed by atoms with Gasteiger partial charge in [0.15, 0.2) is 0 Å². The molecule has 0 atom stereocenters. The third-order valence-corrected chi connectivity index (χ3v) is 6.54. The van der Waals surface area contributed by atoms with Gasteiger partial charge in [-0.25, -0.2) is 0 Å². The SMILES string of the molecule is O=S(=O)(O)c1ccc(/N=N\c2ccc(/N=N\c3ccc(O)c4cccc(S(=O)(=O)O)c34)cc2)cc1. The van der Waals surface area contributed by atoms with Gasteiger partial charge in [-0.05, 0) is 66.7 Å². The fraction of sp³-hybridized carbons (Fsp3) is 0. The summed E-state index contributed by atoms with van der Waals surface area (Å²) < 4.78 is 64.3. The van der Waals surface area contributed by atoms with Crippen LogP contribution < -0.4 is 0 Å². The molecule has 0 unspecified atom stereocenters. The van der Waals surface area contributed by atoms with Gasteiger partial charge in [-0.3, -0.25) is 9.11 Å². The smallest absolute Gasteiger partial charge is 0.295 e. The molecule has 178 valence electrons. The summed E-state index contributed by atoms with van der Waals surface area (Å²) >= 11 is 0. The molecule has 3 N–H and O–H groups in total. The molecule has 0 fully saturated rings. The van der Waals surface area contributed by atoms with E-state index in [-0.39, 0.29) is 27.1 Å². The van der Waals surface area contributed by atoms with E-state index in [1.165, 1.54) is 54.6 Å². The molecule has 4 aromatic carbocycles. The first-order valence-corrected chi connectivity index (χ1v) is 12.6. The molecular weight excluding hydrogens is 496 g/mol. The first-order chi connectivity index (χ1) is 16.5. The van der Waals surface area contributed by atoms with Crippen LogP contribution in [-0.4, -0.2) is 31.0 Å². The third-order valence-electron chi connectivity index (χ3n) is 4.77. The molecule has 0 aliphatic carbocycles. The van der Waals surface area contributed by atoms with Crippen molar-refractivity contribution in [1.82, 2.24) is 0 Å². The Balaban J connectivity index is 1.58. The molecule has 0 radical (unpaired) electrons. The Morgan fingerprint density at radius 1 is 0.571 bits per heavy atom. The van der Waals surface area contributed by atoms with Crippen LogP contribution in [0.1, 0.15) is 0 Å². The third kappa shape index (κ3) is 5.55. The molecule has 0 spiro atoms. The Hall–Kier alpha value is -4.04. The Bertz CT molecular complexity index is 1680. The maximum Gasteiger partial charge on any atom is 0.295 e. The molecule has 0 saturated carbocycles. The number of rotatable bonds is 6. The van der Waals surface area contributed by atoms with E-state index in [1.807, 2.05) is 0 Å². The average Bonchev–Trinajstić information content (AvgIpc) is 2.82. The Kier molecular flexibility index (Phi) is 6.41. The standard InChI is InChI=1S/C22H16N4O7S2/c27-20-13-12-19(22-18(20)2-1-3-21(22)35(31,32)33)26-25-15-6-4-14(5-7-15)23-24-16-8-10-17(11-9-16)34(28,29)30/h1-13,27H,(H,28,29,30)(H,31,32,33)/b24-23-,26-25-. The van der Waals surface area contributed by atoms with Crippen molar-refractivity contribution in [1.29, 1.82) is 0 Å². The second-order valence-corrected chi connectivity index (χ2v) is 9.95. The maximum absolute atomic E-state index is 11.8. The van der Waals surface area contributed by atoms with Crippen LogP contribution in [0.3, 0.4) is 0 Å². The van der Waals surface area contributed by atoms with Gasteiger partial charge in [0.1, 0.15) is 10.6 Å². The fourth-order valence-electron chi connectivity index (χ4n) is 3.14. The quantitative estimate of drug-likeness (QED) is 0.213. The highest BCUT2D eigenvalue weighted by molar-refractivity contribution is 7.86. The van der Waals surface area contributed by atoms with Crippen molar-refractivity contribution in [3.63, 3.8) is 0 Å². The maximum atomic E-state index is 11.8. The Labute approximate surface area is 199 Å². The zero-order chi connectivity index (χ0) is 25.2. The molecule has 4 aromatic rings. The summed E-state index contributed by atoms with van der Waals surface area (Å²) in [6.07, 6.45) is 0. The van der Waals surface area contributed by atoms with E-state index in [0.717, 1.165) is 0 Å². The van der Waals surface area contributed by atoms with Gasteiger partial charge >= 0.3 is 0 Å². The summed E-state index contributed by atoms with van der Waals surface area (Å²) in [6.45, 7) is 0. The highest BCUT2D eigenvalue weighted by atomic mass is 32.2. The molecular formula is C22H16N4O7S2. The number of nitrogens with zero attached hydrogens (tertiary/aromatic N) is 4. The first-order valence-electron chi connectivity index (χ1n) is 9.76. The molecule has 4 rings (SSSR count). The molecule has 0 saturated heterocycles. The van der Waals surface area contributed by atoms with Crippen LogP contribution in [-0.2, 0) is 20.2 Å².